The average molecular weight is 398 g/mol. The normalized spacial score (nSPS) is 11.7. The number of aryl methyl sites for hydroxylation is 1. The van der Waals surface area contributed by atoms with Crippen LogP contribution < -0.4 is 4.74 Å². The van der Waals surface area contributed by atoms with Gasteiger partial charge in [-0.1, -0.05) is 13.0 Å². The summed E-state index contributed by atoms with van der Waals surface area (Å²) in [6.07, 6.45) is 0.903. The Hall–Kier alpha value is -2.89. The van der Waals surface area contributed by atoms with E-state index in [0.29, 0.717) is 22.7 Å². The lowest BCUT2D eigenvalue weighted by molar-refractivity contribution is 0.290. The SMILES string of the molecule is CCCn1c(COc2cccc(C#N)c2)nc2cc(S(=O)(=O)N(C)C)ccc21. The zero-order valence-corrected chi connectivity index (χ0v) is 16.9. The fourth-order valence-corrected chi connectivity index (χ4v) is 3.84. The molecule has 8 heteroatoms. The second kappa shape index (κ2) is 8.00. The van der Waals surface area contributed by atoms with Gasteiger partial charge < -0.3 is 9.30 Å². The standard InChI is InChI=1S/C20H22N4O3S/c1-4-10-24-19-9-8-17(28(25,26)23(2)3)12-18(19)22-20(24)14-27-16-7-5-6-15(11-16)13-21/h5-9,11-12H,4,10,14H2,1-3H3. The van der Waals surface area contributed by atoms with E-state index in [2.05, 4.69) is 18.0 Å². The molecule has 1 heterocycles. The highest BCUT2D eigenvalue weighted by Gasteiger charge is 2.19. The molecule has 0 aliphatic heterocycles. The van der Waals surface area contributed by atoms with Crippen molar-refractivity contribution in [3.05, 3.63) is 53.9 Å². The van der Waals surface area contributed by atoms with Gasteiger partial charge in [-0.2, -0.15) is 5.26 Å². The van der Waals surface area contributed by atoms with Crippen LogP contribution in [0.3, 0.4) is 0 Å². The molecule has 0 amide bonds. The highest BCUT2D eigenvalue weighted by Crippen LogP contribution is 2.23. The monoisotopic (exact) mass is 398 g/mol. The summed E-state index contributed by atoms with van der Waals surface area (Å²) in [5, 5.41) is 9.01. The lowest BCUT2D eigenvalue weighted by Crippen LogP contribution is -2.22. The third-order valence-electron chi connectivity index (χ3n) is 4.36. The summed E-state index contributed by atoms with van der Waals surface area (Å²) in [6, 6.07) is 14.0. The Bertz CT molecular complexity index is 1140. The van der Waals surface area contributed by atoms with Crippen molar-refractivity contribution in [2.75, 3.05) is 14.1 Å². The van der Waals surface area contributed by atoms with E-state index in [4.69, 9.17) is 10.00 Å². The quantitative estimate of drug-likeness (QED) is 0.610. The molecule has 0 N–H and O–H groups in total. The number of rotatable bonds is 7. The largest absolute Gasteiger partial charge is 0.486 e. The van der Waals surface area contributed by atoms with Gasteiger partial charge in [0.15, 0.2) is 0 Å². The molecule has 28 heavy (non-hydrogen) atoms. The highest BCUT2D eigenvalue weighted by molar-refractivity contribution is 7.89. The van der Waals surface area contributed by atoms with Crippen molar-refractivity contribution in [2.45, 2.75) is 31.4 Å². The fraction of sp³-hybridized carbons (Fsp3) is 0.300. The van der Waals surface area contributed by atoms with Gasteiger partial charge in [0.25, 0.3) is 0 Å². The molecule has 0 saturated carbocycles. The maximum Gasteiger partial charge on any atom is 0.242 e. The minimum atomic E-state index is -3.52. The first-order chi connectivity index (χ1) is 13.4. The number of imidazole rings is 1. The van der Waals surface area contributed by atoms with Gasteiger partial charge in [0.1, 0.15) is 18.2 Å². The molecule has 0 bridgehead atoms. The molecular weight excluding hydrogens is 376 g/mol. The third kappa shape index (κ3) is 3.86. The number of hydrogen-bond donors (Lipinski definition) is 0. The van der Waals surface area contributed by atoms with Gasteiger partial charge in [0.2, 0.25) is 10.0 Å². The lowest BCUT2D eigenvalue weighted by atomic mass is 10.2. The Balaban J connectivity index is 1.97. The maximum absolute atomic E-state index is 12.4. The minimum absolute atomic E-state index is 0.209. The number of ether oxygens (including phenoxy) is 1. The van der Waals surface area contributed by atoms with Crippen LogP contribution in [0.5, 0.6) is 5.75 Å². The smallest absolute Gasteiger partial charge is 0.242 e. The Kier molecular flexibility index (Phi) is 5.68. The van der Waals surface area contributed by atoms with Crippen molar-refractivity contribution >= 4 is 21.1 Å². The second-order valence-electron chi connectivity index (χ2n) is 6.55. The molecule has 0 aliphatic carbocycles. The van der Waals surface area contributed by atoms with E-state index in [1.807, 2.05) is 4.57 Å². The predicted octanol–water partition coefficient (Wildman–Crippen LogP) is 3.15. The van der Waals surface area contributed by atoms with Crippen LogP contribution in [0.4, 0.5) is 0 Å². The summed E-state index contributed by atoms with van der Waals surface area (Å²) in [7, 11) is -0.517. The lowest BCUT2D eigenvalue weighted by Gasteiger charge is -2.11. The van der Waals surface area contributed by atoms with Crippen LogP contribution in [0.2, 0.25) is 0 Å². The maximum atomic E-state index is 12.4. The molecule has 146 valence electrons. The van der Waals surface area contributed by atoms with Crippen molar-refractivity contribution in [3.8, 4) is 11.8 Å². The van der Waals surface area contributed by atoms with Crippen LogP contribution in [-0.4, -0.2) is 36.4 Å². The summed E-state index contributed by atoms with van der Waals surface area (Å²) in [5.41, 5.74) is 2.00. The fourth-order valence-electron chi connectivity index (χ4n) is 2.92. The Morgan fingerprint density at radius 3 is 2.68 bits per heavy atom. The molecule has 0 spiro atoms. The van der Waals surface area contributed by atoms with Crippen LogP contribution in [0.1, 0.15) is 24.7 Å². The summed E-state index contributed by atoms with van der Waals surface area (Å²) in [4.78, 5) is 4.82. The molecule has 0 unspecified atom stereocenters. The van der Waals surface area contributed by atoms with Gasteiger partial charge in [-0.15, -0.1) is 0 Å². The topological polar surface area (TPSA) is 88.2 Å². The first kappa shape index (κ1) is 19.9. The van der Waals surface area contributed by atoms with E-state index in [1.165, 1.54) is 18.4 Å². The van der Waals surface area contributed by atoms with Crippen molar-refractivity contribution in [3.63, 3.8) is 0 Å². The Morgan fingerprint density at radius 1 is 1.21 bits per heavy atom. The molecule has 0 fully saturated rings. The van der Waals surface area contributed by atoms with Crippen molar-refractivity contribution in [2.24, 2.45) is 0 Å². The molecule has 0 aliphatic rings. The van der Waals surface area contributed by atoms with E-state index in [1.54, 1.807) is 42.5 Å². The zero-order valence-electron chi connectivity index (χ0n) is 16.1. The first-order valence-corrected chi connectivity index (χ1v) is 10.4. The summed E-state index contributed by atoms with van der Waals surface area (Å²) in [6.45, 7) is 3.03. The number of aromatic nitrogens is 2. The van der Waals surface area contributed by atoms with Crippen LogP contribution >= 0.6 is 0 Å². The summed E-state index contributed by atoms with van der Waals surface area (Å²) < 4.78 is 33.9. The number of nitriles is 1. The minimum Gasteiger partial charge on any atom is -0.486 e. The number of fused-ring (bicyclic) bond motifs is 1. The van der Waals surface area contributed by atoms with Gasteiger partial charge in [-0.25, -0.2) is 17.7 Å². The molecule has 3 rings (SSSR count). The van der Waals surface area contributed by atoms with Crippen LogP contribution in [-0.2, 0) is 23.2 Å². The van der Waals surface area contributed by atoms with E-state index in [9.17, 15) is 8.42 Å². The van der Waals surface area contributed by atoms with Gasteiger partial charge in [-0.3, -0.25) is 0 Å². The van der Waals surface area contributed by atoms with Crippen LogP contribution in [0.25, 0.3) is 11.0 Å². The molecular formula is C20H22N4O3S. The van der Waals surface area contributed by atoms with Gasteiger partial charge in [0, 0.05) is 20.6 Å². The summed E-state index contributed by atoms with van der Waals surface area (Å²) in [5.74, 6) is 1.30. The number of hydrogen-bond acceptors (Lipinski definition) is 5. The van der Waals surface area contributed by atoms with E-state index < -0.39 is 10.0 Å². The molecule has 3 aromatic rings. The average Bonchev–Trinajstić information content (AvgIpc) is 3.03. The number of nitrogens with zero attached hydrogens (tertiary/aromatic N) is 4. The Labute approximate surface area is 164 Å². The third-order valence-corrected chi connectivity index (χ3v) is 6.17. The van der Waals surface area contributed by atoms with Gasteiger partial charge >= 0.3 is 0 Å². The van der Waals surface area contributed by atoms with E-state index in [0.717, 1.165) is 18.5 Å². The number of sulfonamides is 1. The highest BCUT2D eigenvalue weighted by atomic mass is 32.2. The van der Waals surface area contributed by atoms with E-state index >= 15 is 0 Å². The van der Waals surface area contributed by atoms with Crippen LogP contribution in [0, 0.1) is 11.3 Å². The second-order valence-corrected chi connectivity index (χ2v) is 8.70. The molecule has 0 radical (unpaired) electrons. The molecule has 2 aromatic carbocycles. The molecule has 0 atom stereocenters. The predicted molar refractivity (Wildman–Crippen MR) is 106 cm³/mol. The van der Waals surface area contributed by atoms with Gasteiger partial charge in [0.05, 0.1) is 27.6 Å². The van der Waals surface area contributed by atoms with Crippen LogP contribution in [0.15, 0.2) is 47.4 Å². The molecule has 0 saturated heterocycles. The Morgan fingerprint density at radius 2 is 2.00 bits per heavy atom. The number of benzene rings is 2. The molecule has 1 aromatic heterocycles. The molecule has 7 nitrogen and oxygen atoms in total. The zero-order chi connectivity index (χ0) is 20.3. The van der Waals surface area contributed by atoms with Crippen molar-refractivity contribution in [1.29, 1.82) is 5.26 Å². The van der Waals surface area contributed by atoms with Crippen molar-refractivity contribution in [1.82, 2.24) is 13.9 Å². The first-order valence-electron chi connectivity index (χ1n) is 8.91. The van der Waals surface area contributed by atoms with E-state index in [-0.39, 0.29) is 11.5 Å². The summed E-state index contributed by atoms with van der Waals surface area (Å²) >= 11 is 0. The van der Waals surface area contributed by atoms with Crippen molar-refractivity contribution < 1.29 is 13.2 Å². The van der Waals surface area contributed by atoms with Gasteiger partial charge in [-0.05, 0) is 42.8 Å².